The summed E-state index contributed by atoms with van der Waals surface area (Å²) in [6.07, 6.45) is 1.55. The summed E-state index contributed by atoms with van der Waals surface area (Å²) in [5, 5.41) is 2.86. The molecule has 0 radical (unpaired) electrons. The number of hydrogen-bond acceptors (Lipinski definition) is 5. The molecule has 2 saturated heterocycles. The summed E-state index contributed by atoms with van der Waals surface area (Å²) in [6, 6.07) is 16.9. The SMILES string of the molecule is CCC(=O)N1CCC2(CC1)C(=O)N(CC(=O)Nc1ccc(OC)cc1)CN2c1ccccc1. The van der Waals surface area contributed by atoms with Crippen molar-refractivity contribution in [3.05, 3.63) is 54.6 Å². The van der Waals surface area contributed by atoms with Crippen LogP contribution in [0.1, 0.15) is 26.2 Å². The normalized spacial score (nSPS) is 17.4. The molecule has 0 bridgehead atoms. The molecule has 0 aliphatic carbocycles. The van der Waals surface area contributed by atoms with E-state index in [4.69, 9.17) is 4.74 Å². The third-order valence-corrected chi connectivity index (χ3v) is 6.54. The number of carbonyl (C=O) groups excluding carboxylic acids is 3. The van der Waals surface area contributed by atoms with Gasteiger partial charge in [-0.05, 0) is 49.2 Å². The van der Waals surface area contributed by atoms with Gasteiger partial charge in [0.25, 0.3) is 5.91 Å². The van der Waals surface area contributed by atoms with Crippen LogP contribution in [0.2, 0.25) is 0 Å². The Morgan fingerprint density at radius 3 is 2.30 bits per heavy atom. The number of piperidine rings is 1. The van der Waals surface area contributed by atoms with Crippen LogP contribution in [0.3, 0.4) is 0 Å². The Hall–Kier alpha value is -3.55. The van der Waals surface area contributed by atoms with Crippen molar-refractivity contribution in [3.63, 3.8) is 0 Å². The molecular formula is C25H30N4O4. The largest absolute Gasteiger partial charge is 0.497 e. The first-order valence-corrected chi connectivity index (χ1v) is 11.3. The van der Waals surface area contributed by atoms with Crippen LogP contribution in [0.5, 0.6) is 5.75 Å². The molecule has 1 N–H and O–H groups in total. The lowest BCUT2D eigenvalue weighted by molar-refractivity contribution is -0.139. The van der Waals surface area contributed by atoms with Gasteiger partial charge in [-0.25, -0.2) is 0 Å². The number of rotatable bonds is 6. The van der Waals surface area contributed by atoms with E-state index in [0.29, 0.717) is 50.5 Å². The minimum atomic E-state index is -0.744. The zero-order valence-electron chi connectivity index (χ0n) is 19.1. The van der Waals surface area contributed by atoms with Crippen molar-refractivity contribution in [2.75, 3.05) is 43.6 Å². The molecule has 2 heterocycles. The highest BCUT2D eigenvalue weighted by Crippen LogP contribution is 2.39. The van der Waals surface area contributed by atoms with Gasteiger partial charge in [-0.2, -0.15) is 0 Å². The average molecular weight is 451 g/mol. The number of likely N-dealkylation sites (tertiary alicyclic amines) is 1. The third kappa shape index (κ3) is 4.51. The summed E-state index contributed by atoms with van der Waals surface area (Å²) in [5.74, 6) is 0.505. The lowest BCUT2D eigenvalue weighted by atomic mass is 9.85. The van der Waals surface area contributed by atoms with E-state index >= 15 is 0 Å². The predicted molar refractivity (Wildman–Crippen MR) is 126 cm³/mol. The first kappa shape index (κ1) is 22.6. The van der Waals surface area contributed by atoms with Gasteiger partial charge in [0.1, 0.15) is 17.8 Å². The van der Waals surface area contributed by atoms with Crippen LogP contribution in [-0.4, -0.2) is 66.5 Å². The molecule has 8 heteroatoms. The fraction of sp³-hybridized carbons (Fsp3) is 0.400. The Bertz CT molecular complexity index is 1000. The minimum absolute atomic E-state index is 0.0342. The molecule has 1 spiro atoms. The van der Waals surface area contributed by atoms with Crippen molar-refractivity contribution in [1.82, 2.24) is 9.80 Å². The van der Waals surface area contributed by atoms with Gasteiger partial charge in [0.15, 0.2) is 0 Å². The topological polar surface area (TPSA) is 82.2 Å². The summed E-state index contributed by atoms with van der Waals surface area (Å²) < 4.78 is 5.15. The second-order valence-electron chi connectivity index (χ2n) is 8.45. The van der Waals surface area contributed by atoms with Crippen LogP contribution in [0.4, 0.5) is 11.4 Å². The number of anilines is 2. The fourth-order valence-corrected chi connectivity index (χ4v) is 4.72. The number of benzene rings is 2. The van der Waals surface area contributed by atoms with E-state index in [0.717, 1.165) is 5.69 Å². The van der Waals surface area contributed by atoms with Crippen LogP contribution >= 0.6 is 0 Å². The molecule has 2 aromatic rings. The van der Waals surface area contributed by atoms with E-state index in [1.807, 2.05) is 42.2 Å². The smallest absolute Gasteiger partial charge is 0.250 e. The van der Waals surface area contributed by atoms with Crippen LogP contribution in [0, 0.1) is 0 Å². The van der Waals surface area contributed by atoms with Crippen LogP contribution in [0.25, 0.3) is 0 Å². The minimum Gasteiger partial charge on any atom is -0.497 e. The number of nitrogens with zero attached hydrogens (tertiary/aromatic N) is 3. The van der Waals surface area contributed by atoms with E-state index in [1.165, 1.54) is 0 Å². The maximum Gasteiger partial charge on any atom is 0.250 e. The van der Waals surface area contributed by atoms with Crippen LogP contribution < -0.4 is 15.0 Å². The highest BCUT2D eigenvalue weighted by Gasteiger charge is 2.54. The molecule has 0 unspecified atom stereocenters. The van der Waals surface area contributed by atoms with Gasteiger partial charge in [0.05, 0.1) is 13.8 Å². The van der Waals surface area contributed by atoms with Crippen molar-refractivity contribution in [2.45, 2.75) is 31.7 Å². The van der Waals surface area contributed by atoms with Crippen LogP contribution in [-0.2, 0) is 14.4 Å². The molecule has 4 rings (SSSR count). The van der Waals surface area contributed by atoms with Gasteiger partial charge >= 0.3 is 0 Å². The van der Waals surface area contributed by atoms with Gasteiger partial charge in [-0.15, -0.1) is 0 Å². The van der Waals surface area contributed by atoms with Crippen LogP contribution in [0.15, 0.2) is 54.6 Å². The molecule has 2 aliphatic rings. The Morgan fingerprint density at radius 2 is 1.70 bits per heavy atom. The molecule has 0 aromatic heterocycles. The predicted octanol–water partition coefficient (Wildman–Crippen LogP) is 2.71. The molecule has 8 nitrogen and oxygen atoms in total. The van der Waals surface area contributed by atoms with E-state index in [9.17, 15) is 14.4 Å². The van der Waals surface area contributed by atoms with Gasteiger partial charge in [0.2, 0.25) is 11.8 Å². The monoisotopic (exact) mass is 450 g/mol. The van der Waals surface area contributed by atoms with Gasteiger partial charge < -0.3 is 24.8 Å². The lowest BCUT2D eigenvalue weighted by Crippen LogP contribution is -2.57. The molecular weight excluding hydrogens is 420 g/mol. The highest BCUT2D eigenvalue weighted by atomic mass is 16.5. The second kappa shape index (κ2) is 9.52. The zero-order valence-corrected chi connectivity index (χ0v) is 19.1. The second-order valence-corrected chi connectivity index (χ2v) is 8.45. The number of amides is 3. The quantitative estimate of drug-likeness (QED) is 0.732. The average Bonchev–Trinajstić information content (AvgIpc) is 3.11. The number of ether oxygens (including phenoxy) is 1. The summed E-state index contributed by atoms with van der Waals surface area (Å²) in [5.41, 5.74) is 0.847. The number of hydrogen-bond donors (Lipinski definition) is 1. The fourth-order valence-electron chi connectivity index (χ4n) is 4.72. The van der Waals surface area contributed by atoms with E-state index in [2.05, 4.69) is 10.2 Å². The highest BCUT2D eigenvalue weighted by molar-refractivity contribution is 5.99. The molecule has 0 atom stereocenters. The number of carbonyl (C=O) groups is 3. The lowest BCUT2D eigenvalue weighted by Gasteiger charge is -2.43. The van der Waals surface area contributed by atoms with E-state index in [-0.39, 0.29) is 24.3 Å². The first-order chi connectivity index (χ1) is 16.0. The summed E-state index contributed by atoms with van der Waals surface area (Å²) in [4.78, 5) is 44.2. The Kier molecular flexibility index (Phi) is 6.53. The Balaban J connectivity index is 1.51. The number of nitrogens with one attached hydrogen (secondary N) is 1. The number of methoxy groups -OCH3 is 1. The summed E-state index contributed by atoms with van der Waals surface area (Å²) in [6.45, 7) is 3.22. The van der Waals surface area contributed by atoms with Gasteiger partial charge in [-0.3, -0.25) is 14.4 Å². The van der Waals surface area contributed by atoms with Crippen molar-refractivity contribution in [1.29, 1.82) is 0 Å². The molecule has 0 saturated carbocycles. The van der Waals surface area contributed by atoms with Crippen molar-refractivity contribution in [2.24, 2.45) is 0 Å². The summed E-state index contributed by atoms with van der Waals surface area (Å²) >= 11 is 0. The molecule has 2 fully saturated rings. The molecule has 2 aliphatic heterocycles. The molecule has 2 aromatic carbocycles. The molecule has 174 valence electrons. The molecule has 33 heavy (non-hydrogen) atoms. The maximum atomic E-state index is 13.7. The van der Waals surface area contributed by atoms with Gasteiger partial charge in [0, 0.05) is 30.9 Å². The van der Waals surface area contributed by atoms with E-state index < -0.39 is 5.54 Å². The third-order valence-electron chi connectivity index (χ3n) is 6.54. The van der Waals surface area contributed by atoms with Gasteiger partial charge in [-0.1, -0.05) is 25.1 Å². The first-order valence-electron chi connectivity index (χ1n) is 11.3. The Labute approximate surface area is 194 Å². The zero-order chi connectivity index (χ0) is 23.4. The van der Waals surface area contributed by atoms with Crippen molar-refractivity contribution in [3.8, 4) is 5.75 Å². The van der Waals surface area contributed by atoms with Crippen molar-refractivity contribution >= 4 is 29.1 Å². The van der Waals surface area contributed by atoms with Crippen molar-refractivity contribution < 1.29 is 19.1 Å². The standard InChI is InChI=1S/C25H30N4O4/c1-3-23(31)27-15-13-25(14-16-27)24(32)28(18-29(25)20-7-5-4-6-8-20)17-22(30)26-19-9-11-21(33-2)12-10-19/h4-12H,3,13-18H2,1-2H3,(H,26,30). The molecule has 3 amide bonds. The Morgan fingerprint density at radius 1 is 1.03 bits per heavy atom. The summed E-state index contributed by atoms with van der Waals surface area (Å²) in [7, 11) is 1.59. The number of para-hydroxylation sites is 1. The van der Waals surface area contributed by atoms with E-state index in [1.54, 1.807) is 36.3 Å². The maximum absolute atomic E-state index is 13.7.